The maximum Gasteiger partial charge on any atom is 0.143 e. The molecule has 1 aromatic carbocycles. The molecule has 0 spiro atoms. The SMILES string of the molecule is Cc1ccc2c(c1)CC1CCCC2C1=O. The molecule has 1 aromatic rings. The zero-order valence-electron chi connectivity index (χ0n) is 9.12. The molecule has 78 valence electrons. The highest BCUT2D eigenvalue weighted by Crippen LogP contribution is 2.41. The first-order chi connectivity index (χ1) is 7.25. The van der Waals surface area contributed by atoms with E-state index in [2.05, 4.69) is 25.1 Å². The molecule has 0 aromatic heterocycles. The molecule has 0 radical (unpaired) electrons. The van der Waals surface area contributed by atoms with Gasteiger partial charge in [0, 0.05) is 11.8 Å². The summed E-state index contributed by atoms with van der Waals surface area (Å²) < 4.78 is 0. The van der Waals surface area contributed by atoms with E-state index in [-0.39, 0.29) is 5.92 Å². The molecule has 2 aliphatic rings. The summed E-state index contributed by atoms with van der Waals surface area (Å²) in [6.07, 6.45) is 4.41. The molecule has 1 saturated carbocycles. The molecule has 2 bridgehead atoms. The predicted octanol–water partition coefficient (Wildman–Crippen LogP) is 3.00. The third-order valence-corrected chi connectivity index (χ3v) is 3.93. The van der Waals surface area contributed by atoms with Crippen molar-refractivity contribution in [2.75, 3.05) is 0 Å². The van der Waals surface area contributed by atoms with E-state index in [1.54, 1.807) is 0 Å². The van der Waals surface area contributed by atoms with E-state index in [9.17, 15) is 4.79 Å². The van der Waals surface area contributed by atoms with Crippen LogP contribution >= 0.6 is 0 Å². The van der Waals surface area contributed by atoms with Crippen LogP contribution in [-0.2, 0) is 11.2 Å². The molecular formula is C14H16O. The van der Waals surface area contributed by atoms with Crippen LogP contribution in [0, 0.1) is 12.8 Å². The summed E-state index contributed by atoms with van der Waals surface area (Å²) in [7, 11) is 0. The average Bonchev–Trinajstić information content (AvgIpc) is 2.19. The third-order valence-electron chi connectivity index (χ3n) is 3.93. The summed E-state index contributed by atoms with van der Waals surface area (Å²) in [6, 6.07) is 6.59. The Labute approximate surface area is 90.5 Å². The number of hydrogen-bond donors (Lipinski definition) is 0. The van der Waals surface area contributed by atoms with Crippen LogP contribution in [0.3, 0.4) is 0 Å². The standard InChI is InChI=1S/C14H16O/c1-9-5-6-12-11(7-9)8-10-3-2-4-13(12)14(10)15/h5-7,10,13H,2-4,8H2,1H3. The van der Waals surface area contributed by atoms with Crippen LogP contribution in [0.1, 0.15) is 41.9 Å². The van der Waals surface area contributed by atoms with Crippen molar-refractivity contribution in [1.29, 1.82) is 0 Å². The van der Waals surface area contributed by atoms with Gasteiger partial charge in [0.2, 0.25) is 0 Å². The summed E-state index contributed by atoms with van der Waals surface area (Å²) in [5.74, 6) is 1.07. The average molecular weight is 200 g/mol. The molecule has 1 heteroatoms. The van der Waals surface area contributed by atoms with Gasteiger partial charge in [-0.1, -0.05) is 30.2 Å². The Morgan fingerprint density at radius 2 is 2.13 bits per heavy atom. The fraction of sp³-hybridized carbons (Fsp3) is 0.500. The summed E-state index contributed by atoms with van der Waals surface area (Å²) in [4.78, 5) is 12.1. The minimum absolute atomic E-state index is 0.230. The van der Waals surface area contributed by atoms with E-state index >= 15 is 0 Å². The fourth-order valence-corrected chi connectivity index (χ4v) is 3.17. The van der Waals surface area contributed by atoms with Crippen molar-refractivity contribution in [3.8, 4) is 0 Å². The van der Waals surface area contributed by atoms with E-state index in [1.165, 1.54) is 23.1 Å². The first-order valence-electron chi connectivity index (χ1n) is 5.89. The largest absolute Gasteiger partial charge is 0.299 e. The molecular weight excluding hydrogens is 184 g/mol. The number of ketones is 1. The van der Waals surface area contributed by atoms with Crippen LogP contribution < -0.4 is 0 Å². The number of rotatable bonds is 0. The first kappa shape index (κ1) is 9.14. The molecule has 0 saturated heterocycles. The highest BCUT2D eigenvalue weighted by atomic mass is 16.1. The van der Waals surface area contributed by atoms with E-state index < -0.39 is 0 Å². The van der Waals surface area contributed by atoms with Crippen LogP contribution in [0.2, 0.25) is 0 Å². The lowest BCUT2D eigenvalue weighted by Crippen LogP contribution is -2.33. The first-order valence-corrected chi connectivity index (χ1v) is 5.89. The molecule has 2 aliphatic carbocycles. The Morgan fingerprint density at radius 3 is 3.00 bits per heavy atom. The summed E-state index contributed by atoms with van der Waals surface area (Å²) >= 11 is 0. The lowest BCUT2D eigenvalue weighted by molar-refractivity contribution is -0.126. The maximum atomic E-state index is 12.1. The van der Waals surface area contributed by atoms with Crippen molar-refractivity contribution in [1.82, 2.24) is 0 Å². The van der Waals surface area contributed by atoms with Gasteiger partial charge in [-0.15, -0.1) is 0 Å². The maximum absolute atomic E-state index is 12.1. The van der Waals surface area contributed by atoms with Gasteiger partial charge in [0.1, 0.15) is 5.78 Å². The molecule has 3 rings (SSSR count). The quantitative estimate of drug-likeness (QED) is 0.629. The number of aryl methyl sites for hydroxylation is 1. The highest BCUT2D eigenvalue weighted by Gasteiger charge is 2.37. The summed E-state index contributed by atoms with van der Waals surface area (Å²) in [5, 5.41) is 0. The van der Waals surface area contributed by atoms with Crippen molar-refractivity contribution in [2.45, 2.75) is 38.5 Å². The Morgan fingerprint density at radius 1 is 1.27 bits per heavy atom. The smallest absolute Gasteiger partial charge is 0.143 e. The second-order valence-corrected chi connectivity index (χ2v) is 4.99. The third kappa shape index (κ3) is 1.33. The van der Waals surface area contributed by atoms with E-state index in [0.29, 0.717) is 11.7 Å². The second kappa shape index (κ2) is 3.19. The number of carbonyl (C=O) groups is 1. The van der Waals surface area contributed by atoms with Gasteiger partial charge in [-0.2, -0.15) is 0 Å². The lowest BCUT2D eigenvalue weighted by Gasteiger charge is -2.34. The fourth-order valence-electron chi connectivity index (χ4n) is 3.17. The van der Waals surface area contributed by atoms with E-state index in [4.69, 9.17) is 0 Å². The topological polar surface area (TPSA) is 17.1 Å². The lowest BCUT2D eigenvalue weighted by atomic mass is 9.68. The Hall–Kier alpha value is -1.11. The number of benzene rings is 1. The zero-order chi connectivity index (χ0) is 10.4. The van der Waals surface area contributed by atoms with Gasteiger partial charge in [-0.05, 0) is 37.3 Å². The molecule has 0 heterocycles. The van der Waals surface area contributed by atoms with Crippen LogP contribution in [0.5, 0.6) is 0 Å². The van der Waals surface area contributed by atoms with Crippen LogP contribution in [0.25, 0.3) is 0 Å². The highest BCUT2D eigenvalue weighted by molar-refractivity contribution is 5.90. The van der Waals surface area contributed by atoms with Crippen LogP contribution in [0.4, 0.5) is 0 Å². The molecule has 15 heavy (non-hydrogen) atoms. The van der Waals surface area contributed by atoms with Gasteiger partial charge < -0.3 is 0 Å². The zero-order valence-corrected chi connectivity index (χ0v) is 9.12. The molecule has 2 unspecified atom stereocenters. The van der Waals surface area contributed by atoms with E-state index in [0.717, 1.165) is 19.3 Å². The van der Waals surface area contributed by atoms with Crippen molar-refractivity contribution in [3.05, 3.63) is 34.9 Å². The van der Waals surface area contributed by atoms with E-state index in [1.807, 2.05) is 0 Å². The van der Waals surface area contributed by atoms with Crippen molar-refractivity contribution in [2.24, 2.45) is 5.92 Å². The number of fused-ring (bicyclic) bond motifs is 4. The summed E-state index contributed by atoms with van der Waals surface area (Å²) in [6.45, 7) is 2.13. The van der Waals surface area contributed by atoms with Gasteiger partial charge in [-0.3, -0.25) is 4.79 Å². The van der Waals surface area contributed by atoms with Crippen molar-refractivity contribution >= 4 is 5.78 Å². The van der Waals surface area contributed by atoms with Gasteiger partial charge in [0.25, 0.3) is 0 Å². The number of hydrogen-bond acceptors (Lipinski definition) is 1. The normalized spacial score (nSPS) is 28.7. The Kier molecular flexibility index (Phi) is 1.95. The molecule has 0 aliphatic heterocycles. The minimum atomic E-state index is 0.230. The van der Waals surface area contributed by atoms with Crippen molar-refractivity contribution < 1.29 is 4.79 Å². The van der Waals surface area contributed by atoms with Gasteiger partial charge in [0.15, 0.2) is 0 Å². The second-order valence-electron chi connectivity index (χ2n) is 4.99. The molecule has 2 atom stereocenters. The molecule has 0 amide bonds. The van der Waals surface area contributed by atoms with Crippen molar-refractivity contribution in [3.63, 3.8) is 0 Å². The number of Topliss-reactive ketones (excluding diaryl/α,β-unsaturated/α-hetero) is 1. The molecule has 1 fully saturated rings. The number of carbonyl (C=O) groups excluding carboxylic acids is 1. The monoisotopic (exact) mass is 200 g/mol. The Bertz CT molecular complexity index is 419. The van der Waals surface area contributed by atoms with Crippen LogP contribution in [0.15, 0.2) is 18.2 Å². The molecule has 0 N–H and O–H groups in total. The van der Waals surface area contributed by atoms with Gasteiger partial charge in [0.05, 0.1) is 0 Å². The predicted molar refractivity (Wildman–Crippen MR) is 60.0 cm³/mol. The van der Waals surface area contributed by atoms with Gasteiger partial charge >= 0.3 is 0 Å². The summed E-state index contributed by atoms with van der Waals surface area (Å²) in [5.41, 5.74) is 4.08. The molecule has 1 nitrogen and oxygen atoms in total. The van der Waals surface area contributed by atoms with Gasteiger partial charge in [-0.25, -0.2) is 0 Å². The Balaban J connectivity index is 2.12. The van der Waals surface area contributed by atoms with Crippen LogP contribution in [-0.4, -0.2) is 5.78 Å². The minimum Gasteiger partial charge on any atom is -0.299 e.